The van der Waals surface area contributed by atoms with E-state index in [1.54, 1.807) is 19.2 Å². The van der Waals surface area contributed by atoms with Crippen molar-refractivity contribution >= 4 is 28.3 Å². The number of carbonyl (C=O) groups excluding carboxylic acids is 1. The zero-order valence-electron chi connectivity index (χ0n) is 15.3. The van der Waals surface area contributed by atoms with Crippen LogP contribution >= 0.6 is 0 Å². The van der Waals surface area contributed by atoms with Crippen LogP contribution in [0.25, 0.3) is 10.8 Å². The molecular weight excluding hydrogens is 328 g/mol. The molecule has 0 radical (unpaired) electrons. The molecule has 2 aromatic heterocycles. The molecule has 2 aromatic rings. The summed E-state index contributed by atoms with van der Waals surface area (Å²) in [6.07, 6.45) is 4.62. The van der Waals surface area contributed by atoms with Crippen molar-refractivity contribution in [2.45, 2.75) is 58.2 Å². The van der Waals surface area contributed by atoms with Crippen LogP contribution in [0.15, 0.2) is 18.3 Å². The SMILES string of the molecule is CC(=O)N[C@@H]1CC[C@H](Nc2cc3c(NC(C)C)nc(C#N)cc3cn2)C1. The van der Waals surface area contributed by atoms with Crippen molar-refractivity contribution < 1.29 is 4.79 Å². The number of fused-ring (bicyclic) bond motifs is 1. The highest BCUT2D eigenvalue weighted by Gasteiger charge is 2.25. The molecule has 136 valence electrons. The van der Waals surface area contributed by atoms with Crippen molar-refractivity contribution in [3.05, 3.63) is 24.0 Å². The third kappa shape index (κ3) is 4.20. The number of hydrogen-bond donors (Lipinski definition) is 3. The van der Waals surface area contributed by atoms with Gasteiger partial charge in [-0.2, -0.15) is 5.26 Å². The highest BCUT2D eigenvalue weighted by atomic mass is 16.1. The number of pyridine rings is 2. The maximum Gasteiger partial charge on any atom is 0.217 e. The molecule has 1 aliphatic rings. The number of anilines is 2. The van der Waals surface area contributed by atoms with E-state index in [1.165, 1.54) is 0 Å². The summed E-state index contributed by atoms with van der Waals surface area (Å²) in [6, 6.07) is 6.53. The van der Waals surface area contributed by atoms with Crippen molar-refractivity contribution in [2.75, 3.05) is 10.6 Å². The topological polar surface area (TPSA) is 103 Å². The molecule has 1 aliphatic carbocycles. The van der Waals surface area contributed by atoms with Gasteiger partial charge in [0, 0.05) is 42.0 Å². The summed E-state index contributed by atoms with van der Waals surface area (Å²) in [5.74, 6) is 1.49. The van der Waals surface area contributed by atoms with Gasteiger partial charge < -0.3 is 16.0 Å². The zero-order chi connectivity index (χ0) is 18.7. The highest BCUT2D eigenvalue weighted by Crippen LogP contribution is 2.27. The van der Waals surface area contributed by atoms with E-state index in [2.05, 4.69) is 32.0 Å². The highest BCUT2D eigenvalue weighted by molar-refractivity contribution is 5.93. The van der Waals surface area contributed by atoms with E-state index in [0.29, 0.717) is 11.5 Å². The molecule has 0 aliphatic heterocycles. The maximum atomic E-state index is 11.2. The average molecular weight is 352 g/mol. The molecule has 1 amide bonds. The Labute approximate surface area is 153 Å². The summed E-state index contributed by atoms with van der Waals surface area (Å²) < 4.78 is 0. The van der Waals surface area contributed by atoms with Gasteiger partial charge in [-0.15, -0.1) is 0 Å². The first-order chi connectivity index (χ1) is 12.4. The van der Waals surface area contributed by atoms with Crippen molar-refractivity contribution in [3.8, 4) is 6.07 Å². The Morgan fingerprint density at radius 1 is 1.31 bits per heavy atom. The summed E-state index contributed by atoms with van der Waals surface area (Å²) >= 11 is 0. The lowest BCUT2D eigenvalue weighted by Gasteiger charge is -2.16. The van der Waals surface area contributed by atoms with Crippen LogP contribution in [0.4, 0.5) is 11.6 Å². The lowest BCUT2D eigenvalue weighted by molar-refractivity contribution is -0.119. The van der Waals surface area contributed by atoms with Crippen LogP contribution in [0.1, 0.15) is 45.7 Å². The molecule has 26 heavy (non-hydrogen) atoms. The third-order valence-electron chi connectivity index (χ3n) is 4.45. The molecular formula is C19H24N6O. The van der Waals surface area contributed by atoms with Gasteiger partial charge in [0.1, 0.15) is 23.4 Å². The normalized spacial score (nSPS) is 19.3. The Morgan fingerprint density at radius 3 is 2.77 bits per heavy atom. The van der Waals surface area contributed by atoms with Crippen molar-refractivity contribution in [2.24, 2.45) is 0 Å². The van der Waals surface area contributed by atoms with E-state index in [-0.39, 0.29) is 24.0 Å². The minimum atomic E-state index is 0.0169. The van der Waals surface area contributed by atoms with E-state index >= 15 is 0 Å². The fourth-order valence-electron chi connectivity index (χ4n) is 3.41. The van der Waals surface area contributed by atoms with E-state index in [0.717, 1.165) is 35.9 Å². The number of carbonyl (C=O) groups is 1. The summed E-state index contributed by atoms with van der Waals surface area (Å²) in [7, 11) is 0. The quantitative estimate of drug-likeness (QED) is 0.765. The number of nitriles is 1. The summed E-state index contributed by atoms with van der Waals surface area (Å²) in [5.41, 5.74) is 0.372. The molecule has 0 unspecified atom stereocenters. The first kappa shape index (κ1) is 17.9. The molecule has 3 N–H and O–H groups in total. The lowest BCUT2D eigenvalue weighted by Crippen LogP contribution is -2.31. The van der Waals surface area contributed by atoms with E-state index < -0.39 is 0 Å². The van der Waals surface area contributed by atoms with Gasteiger partial charge in [-0.3, -0.25) is 4.79 Å². The Hall–Kier alpha value is -2.88. The van der Waals surface area contributed by atoms with Crippen LogP contribution in [0.2, 0.25) is 0 Å². The molecule has 2 atom stereocenters. The third-order valence-corrected chi connectivity index (χ3v) is 4.45. The first-order valence-corrected chi connectivity index (χ1v) is 8.95. The largest absolute Gasteiger partial charge is 0.367 e. The molecule has 0 spiro atoms. The van der Waals surface area contributed by atoms with Gasteiger partial charge in [0.15, 0.2) is 0 Å². The van der Waals surface area contributed by atoms with Gasteiger partial charge in [-0.25, -0.2) is 9.97 Å². The number of rotatable bonds is 5. The summed E-state index contributed by atoms with van der Waals surface area (Å²) in [6.45, 7) is 5.62. The first-order valence-electron chi connectivity index (χ1n) is 8.95. The number of nitrogens with zero attached hydrogens (tertiary/aromatic N) is 3. The van der Waals surface area contributed by atoms with E-state index in [9.17, 15) is 10.1 Å². The van der Waals surface area contributed by atoms with Crippen LogP contribution in [-0.4, -0.2) is 34.0 Å². The van der Waals surface area contributed by atoms with Gasteiger partial charge in [-0.05, 0) is 45.2 Å². The Kier molecular flexibility index (Phi) is 5.21. The smallest absolute Gasteiger partial charge is 0.217 e. The molecule has 0 bridgehead atoms. The van der Waals surface area contributed by atoms with Crippen LogP contribution in [0, 0.1) is 11.3 Å². The second-order valence-corrected chi connectivity index (χ2v) is 7.11. The fourth-order valence-corrected chi connectivity index (χ4v) is 3.41. The number of hydrogen-bond acceptors (Lipinski definition) is 6. The zero-order valence-corrected chi connectivity index (χ0v) is 15.3. The molecule has 0 saturated heterocycles. The van der Waals surface area contributed by atoms with Crippen molar-refractivity contribution in [1.29, 1.82) is 5.26 Å². The summed E-state index contributed by atoms with van der Waals surface area (Å²) in [4.78, 5) is 20.1. The summed E-state index contributed by atoms with van der Waals surface area (Å²) in [5, 5.41) is 20.8. The van der Waals surface area contributed by atoms with Gasteiger partial charge in [0.25, 0.3) is 0 Å². The molecule has 1 saturated carbocycles. The van der Waals surface area contributed by atoms with Gasteiger partial charge >= 0.3 is 0 Å². The molecule has 7 nitrogen and oxygen atoms in total. The Bertz CT molecular complexity index is 857. The predicted octanol–water partition coefficient (Wildman–Crippen LogP) is 2.79. The monoisotopic (exact) mass is 352 g/mol. The molecule has 7 heteroatoms. The molecule has 3 rings (SSSR count). The predicted molar refractivity (Wildman–Crippen MR) is 102 cm³/mol. The van der Waals surface area contributed by atoms with Gasteiger partial charge in [-0.1, -0.05) is 0 Å². The second-order valence-electron chi connectivity index (χ2n) is 7.11. The van der Waals surface area contributed by atoms with Gasteiger partial charge in [0.2, 0.25) is 5.91 Å². The Morgan fingerprint density at radius 2 is 2.08 bits per heavy atom. The van der Waals surface area contributed by atoms with Crippen molar-refractivity contribution in [3.63, 3.8) is 0 Å². The van der Waals surface area contributed by atoms with Crippen LogP contribution in [0.3, 0.4) is 0 Å². The minimum Gasteiger partial charge on any atom is -0.367 e. The number of aromatic nitrogens is 2. The second kappa shape index (κ2) is 7.56. The minimum absolute atomic E-state index is 0.0169. The standard InChI is InChI=1S/C19H24N6O/c1-11(2)22-19-17-8-18(21-10-13(17)6-16(9-20)25-19)24-15-5-4-14(7-15)23-12(3)26/h6,8,10-11,14-15H,4-5,7H2,1-3H3,(H,21,24)(H,22,25)(H,23,26)/t14-,15+/m1/s1. The van der Waals surface area contributed by atoms with Crippen LogP contribution in [-0.2, 0) is 4.79 Å². The lowest BCUT2D eigenvalue weighted by atomic mass is 10.1. The van der Waals surface area contributed by atoms with Gasteiger partial charge in [0.05, 0.1) is 0 Å². The fraction of sp³-hybridized carbons (Fsp3) is 0.474. The number of amides is 1. The van der Waals surface area contributed by atoms with Crippen molar-refractivity contribution in [1.82, 2.24) is 15.3 Å². The number of nitrogens with one attached hydrogen (secondary N) is 3. The average Bonchev–Trinajstić information content (AvgIpc) is 3.00. The van der Waals surface area contributed by atoms with Crippen LogP contribution in [0.5, 0.6) is 0 Å². The van der Waals surface area contributed by atoms with E-state index in [1.807, 2.05) is 19.9 Å². The molecule has 2 heterocycles. The van der Waals surface area contributed by atoms with Crippen LogP contribution < -0.4 is 16.0 Å². The molecule has 0 aromatic carbocycles. The Balaban J connectivity index is 1.82. The molecule has 1 fully saturated rings. The maximum absolute atomic E-state index is 11.2. The van der Waals surface area contributed by atoms with E-state index in [4.69, 9.17) is 0 Å².